The van der Waals surface area contributed by atoms with Gasteiger partial charge in [-0.3, -0.25) is 9.69 Å². The Balaban J connectivity index is 2.20. The topological polar surface area (TPSA) is 67.9 Å². The van der Waals surface area contributed by atoms with Gasteiger partial charge in [-0.05, 0) is 38.0 Å². The van der Waals surface area contributed by atoms with Gasteiger partial charge in [-0.25, -0.2) is 4.99 Å². The maximum atomic E-state index is 12.6. The first-order valence-corrected chi connectivity index (χ1v) is 7.73. The molecule has 5 nitrogen and oxygen atoms in total. The van der Waals surface area contributed by atoms with Gasteiger partial charge in [0.25, 0.3) is 0 Å². The smallest absolute Gasteiger partial charge is 0.231 e. The first-order chi connectivity index (χ1) is 9.56. The molecule has 0 radical (unpaired) electrons. The molecule has 1 heterocycles. The van der Waals surface area contributed by atoms with E-state index in [1.807, 2.05) is 0 Å². The van der Waals surface area contributed by atoms with Gasteiger partial charge in [-0.15, -0.1) is 0 Å². The number of hydrogen-bond donors (Lipinski definition) is 1. The van der Waals surface area contributed by atoms with E-state index in [1.165, 1.54) is 12.8 Å². The molecule has 2 N–H and O–H groups in total. The number of ether oxygens (including phenoxy) is 1. The summed E-state index contributed by atoms with van der Waals surface area (Å²) in [6.45, 7) is 4.81. The molecular formula is C15H27N3O2. The largest absolute Gasteiger partial charge is 0.385 e. The molecule has 0 spiro atoms. The number of aliphatic imine (C=N–C) groups is 1. The summed E-state index contributed by atoms with van der Waals surface area (Å²) in [5.41, 5.74) is 5.86. The second kappa shape index (κ2) is 6.12. The number of carbonyl (C=O) groups is 1. The van der Waals surface area contributed by atoms with Crippen molar-refractivity contribution in [3.8, 4) is 0 Å². The Morgan fingerprint density at radius 3 is 2.55 bits per heavy atom. The number of amides is 1. The van der Waals surface area contributed by atoms with Gasteiger partial charge in [0.1, 0.15) is 0 Å². The fraction of sp³-hybridized carbons (Fsp3) is 0.867. The maximum Gasteiger partial charge on any atom is 0.231 e. The second-order valence-electron chi connectivity index (χ2n) is 6.03. The van der Waals surface area contributed by atoms with Crippen LogP contribution in [0.15, 0.2) is 4.99 Å². The molecule has 0 bridgehead atoms. The zero-order chi connectivity index (χ0) is 14.8. The second-order valence-corrected chi connectivity index (χ2v) is 6.03. The lowest BCUT2D eigenvalue weighted by Crippen LogP contribution is -2.56. The standard InChI is InChI=1S/C15H27N3O2/c1-4-15(5-2)10-13(19)18(14(16)17-15)12(8-9-20-3)11-6-7-11/h11-12H,4-10H2,1-3H3,(H2,16,17). The van der Waals surface area contributed by atoms with Crippen LogP contribution in [0.4, 0.5) is 0 Å². The molecule has 1 atom stereocenters. The summed E-state index contributed by atoms with van der Waals surface area (Å²) in [5, 5.41) is 0. The quantitative estimate of drug-likeness (QED) is 0.775. The molecule has 0 aromatic carbocycles. The average Bonchev–Trinajstić information content (AvgIpc) is 3.25. The summed E-state index contributed by atoms with van der Waals surface area (Å²) in [7, 11) is 1.69. The van der Waals surface area contributed by atoms with Gasteiger partial charge >= 0.3 is 0 Å². The third-order valence-corrected chi connectivity index (χ3v) is 4.78. The van der Waals surface area contributed by atoms with Crippen LogP contribution >= 0.6 is 0 Å². The third-order valence-electron chi connectivity index (χ3n) is 4.78. The Hall–Kier alpha value is -1.10. The van der Waals surface area contributed by atoms with Gasteiger partial charge in [-0.1, -0.05) is 13.8 Å². The maximum absolute atomic E-state index is 12.6. The summed E-state index contributed by atoms with van der Waals surface area (Å²) in [6, 6.07) is 0.165. The molecule has 1 saturated carbocycles. The summed E-state index contributed by atoms with van der Waals surface area (Å²) in [6.07, 6.45) is 5.40. The lowest BCUT2D eigenvalue weighted by Gasteiger charge is -2.40. The molecule has 2 aliphatic rings. The number of rotatable bonds is 7. The van der Waals surface area contributed by atoms with Crippen molar-refractivity contribution in [3.05, 3.63) is 0 Å². The number of methoxy groups -OCH3 is 1. The minimum absolute atomic E-state index is 0.134. The molecule has 2 rings (SSSR count). The Morgan fingerprint density at radius 1 is 1.45 bits per heavy atom. The van der Waals surface area contributed by atoms with Crippen LogP contribution in [-0.4, -0.2) is 42.1 Å². The number of carbonyl (C=O) groups excluding carboxylic acids is 1. The molecular weight excluding hydrogens is 254 g/mol. The fourth-order valence-electron chi connectivity index (χ4n) is 3.14. The molecule has 1 aliphatic carbocycles. The summed E-state index contributed by atoms with van der Waals surface area (Å²) in [4.78, 5) is 19.0. The predicted octanol–water partition coefficient (Wildman–Crippen LogP) is 1.91. The zero-order valence-corrected chi connectivity index (χ0v) is 12.9. The first kappa shape index (κ1) is 15.3. The lowest BCUT2D eigenvalue weighted by molar-refractivity contribution is -0.132. The molecule has 5 heteroatoms. The van der Waals surface area contributed by atoms with E-state index >= 15 is 0 Å². The fourth-order valence-corrected chi connectivity index (χ4v) is 3.14. The van der Waals surface area contributed by atoms with Crippen molar-refractivity contribution in [2.75, 3.05) is 13.7 Å². The van der Waals surface area contributed by atoms with Gasteiger partial charge in [-0.2, -0.15) is 0 Å². The van der Waals surface area contributed by atoms with Crippen LogP contribution in [0.25, 0.3) is 0 Å². The van der Waals surface area contributed by atoms with Crippen molar-refractivity contribution in [2.24, 2.45) is 16.6 Å². The van der Waals surface area contributed by atoms with Crippen molar-refractivity contribution >= 4 is 11.9 Å². The average molecular weight is 281 g/mol. The predicted molar refractivity (Wildman–Crippen MR) is 79.4 cm³/mol. The Bertz CT molecular complexity index is 387. The van der Waals surface area contributed by atoms with Crippen molar-refractivity contribution in [3.63, 3.8) is 0 Å². The normalized spacial score (nSPS) is 23.6. The summed E-state index contributed by atoms with van der Waals surface area (Å²) in [5.74, 6) is 1.12. The first-order valence-electron chi connectivity index (χ1n) is 7.73. The van der Waals surface area contributed by atoms with E-state index in [1.54, 1.807) is 12.0 Å². The van der Waals surface area contributed by atoms with Crippen LogP contribution in [0.3, 0.4) is 0 Å². The third kappa shape index (κ3) is 2.97. The SMILES string of the molecule is CCC1(CC)CC(=O)N(C(CCOC)C2CC2)C(N)=N1. The molecule has 1 aliphatic heterocycles. The highest BCUT2D eigenvalue weighted by Gasteiger charge is 2.44. The van der Waals surface area contributed by atoms with E-state index in [0.717, 1.165) is 19.3 Å². The highest BCUT2D eigenvalue weighted by atomic mass is 16.5. The number of nitrogens with two attached hydrogens (primary N) is 1. The zero-order valence-electron chi connectivity index (χ0n) is 12.9. The van der Waals surface area contributed by atoms with E-state index in [4.69, 9.17) is 10.5 Å². The Morgan fingerprint density at radius 2 is 2.10 bits per heavy atom. The molecule has 1 unspecified atom stereocenters. The molecule has 1 amide bonds. The highest BCUT2D eigenvalue weighted by molar-refractivity contribution is 5.99. The molecule has 0 saturated heterocycles. The monoisotopic (exact) mass is 281 g/mol. The minimum atomic E-state index is -0.285. The lowest BCUT2D eigenvalue weighted by atomic mass is 9.87. The van der Waals surface area contributed by atoms with Crippen LogP contribution in [0, 0.1) is 5.92 Å². The Labute approximate surface area is 121 Å². The summed E-state index contributed by atoms with van der Waals surface area (Å²) < 4.78 is 5.18. The van der Waals surface area contributed by atoms with E-state index < -0.39 is 0 Å². The van der Waals surface area contributed by atoms with Gasteiger partial charge in [0.2, 0.25) is 5.91 Å². The highest BCUT2D eigenvalue weighted by Crippen LogP contribution is 2.39. The van der Waals surface area contributed by atoms with Gasteiger partial charge in [0, 0.05) is 19.8 Å². The Kier molecular flexibility index (Phi) is 4.68. The number of guanidine groups is 1. The van der Waals surface area contributed by atoms with Crippen LogP contribution in [0.1, 0.15) is 52.4 Å². The van der Waals surface area contributed by atoms with Crippen molar-refractivity contribution in [1.82, 2.24) is 4.90 Å². The van der Waals surface area contributed by atoms with E-state index in [-0.39, 0.29) is 17.5 Å². The molecule has 0 aromatic rings. The van der Waals surface area contributed by atoms with Crippen LogP contribution in [-0.2, 0) is 9.53 Å². The van der Waals surface area contributed by atoms with Crippen molar-refractivity contribution in [2.45, 2.75) is 64.0 Å². The number of nitrogens with zero attached hydrogens (tertiary/aromatic N) is 2. The van der Waals surface area contributed by atoms with E-state index in [0.29, 0.717) is 24.9 Å². The van der Waals surface area contributed by atoms with E-state index in [2.05, 4.69) is 18.8 Å². The van der Waals surface area contributed by atoms with Crippen LogP contribution in [0.2, 0.25) is 0 Å². The summed E-state index contributed by atoms with van der Waals surface area (Å²) >= 11 is 0. The minimum Gasteiger partial charge on any atom is -0.385 e. The molecule has 20 heavy (non-hydrogen) atoms. The number of hydrogen-bond acceptors (Lipinski definition) is 4. The van der Waals surface area contributed by atoms with Crippen molar-refractivity contribution in [1.29, 1.82) is 0 Å². The van der Waals surface area contributed by atoms with Gasteiger partial charge in [0.05, 0.1) is 12.0 Å². The van der Waals surface area contributed by atoms with E-state index in [9.17, 15) is 4.79 Å². The van der Waals surface area contributed by atoms with Crippen LogP contribution < -0.4 is 5.73 Å². The van der Waals surface area contributed by atoms with Gasteiger partial charge in [0.15, 0.2) is 5.96 Å². The van der Waals surface area contributed by atoms with Crippen LogP contribution in [0.5, 0.6) is 0 Å². The molecule has 0 aromatic heterocycles. The molecule has 114 valence electrons. The van der Waals surface area contributed by atoms with Gasteiger partial charge < -0.3 is 10.5 Å². The van der Waals surface area contributed by atoms with Crippen molar-refractivity contribution < 1.29 is 9.53 Å². The molecule has 1 fully saturated rings.